The summed E-state index contributed by atoms with van der Waals surface area (Å²) in [6, 6.07) is 12.6. The van der Waals surface area contributed by atoms with E-state index in [0.29, 0.717) is 5.75 Å². The minimum atomic E-state index is -5.77. The zero-order chi connectivity index (χ0) is 20.8. The molecular weight excluding hydrogens is 392 g/mol. The number of alkyl halides is 6. The molecule has 1 amide bonds. The highest BCUT2D eigenvalue weighted by atomic mass is 19.4. The zero-order valence-electron chi connectivity index (χ0n) is 14.2. The molecule has 0 saturated heterocycles. The van der Waals surface area contributed by atoms with E-state index in [1.807, 2.05) is 6.07 Å². The van der Waals surface area contributed by atoms with Gasteiger partial charge in [-0.2, -0.15) is 22.0 Å². The van der Waals surface area contributed by atoms with Crippen molar-refractivity contribution in [3.05, 3.63) is 60.2 Å². The van der Waals surface area contributed by atoms with Gasteiger partial charge in [-0.3, -0.25) is 4.79 Å². The van der Waals surface area contributed by atoms with Crippen molar-refractivity contribution in [1.82, 2.24) is 5.32 Å². The van der Waals surface area contributed by atoms with Crippen molar-refractivity contribution in [3.63, 3.8) is 0 Å². The van der Waals surface area contributed by atoms with Crippen LogP contribution in [0.15, 0.2) is 54.6 Å². The predicted molar refractivity (Wildman–Crippen MR) is 87.2 cm³/mol. The third-order valence-electron chi connectivity index (χ3n) is 3.35. The number of halogens is 6. The van der Waals surface area contributed by atoms with Gasteiger partial charge in [0, 0.05) is 5.56 Å². The second-order valence-corrected chi connectivity index (χ2v) is 5.51. The highest BCUT2D eigenvalue weighted by Crippen LogP contribution is 2.36. The van der Waals surface area contributed by atoms with E-state index in [1.165, 1.54) is 0 Å². The van der Waals surface area contributed by atoms with E-state index in [0.717, 1.165) is 24.3 Å². The Morgan fingerprint density at radius 3 is 2.11 bits per heavy atom. The average Bonchev–Trinajstić information content (AvgIpc) is 2.65. The van der Waals surface area contributed by atoms with Gasteiger partial charge in [-0.25, -0.2) is 4.39 Å². The van der Waals surface area contributed by atoms with Crippen LogP contribution in [0.25, 0.3) is 0 Å². The number of carbonyl (C=O) groups excluding carboxylic acids is 1. The molecule has 0 bridgehead atoms. The van der Waals surface area contributed by atoms with Crippen LogP contribution in [0.2, 0.25) is 0 Å². The Morgan fingerprint density at radius 1 is 0.929 bits per heavy atom. The smallest absolute Gasteiger partial charge is 0.439 e. The fourth-order valence-corrected chi connectivity index (χ4v) is 2.03. The van der Waals surface area contributed by atoms with Gasteiger partial charge in [-0.1, -0.05) is 18.2 Å². The van der Waals surface area contributed by atoms with Crippen molar-refractivity contribution in [3.8, 4) is 11.5 Å². The molecule has 2 aromatic rings. The second kappa shape index (κ2) is 8.85. The van der Waals surface area contributed by atoms with E-state index >= 15 is 0 Å². The maximum absolute atomic E-state index is 13.2. The maximum atomic E-state index is 13.2. The van der Waals surface area contributed by atoms with Crippen LogP contribution in [-0.4, -0.2) is 37.5 Å². The lowest BCUT2D eigenvalue weighted by molar-refractivity contribution is -0.304. The first-order valence-corrected chi connectivity index (χ1v) is 7.93. The van der Waals surface area contributed by atoms with E-state index in [9.17, 15) is 31.1 Å². The van der Waals surface area contributed by atoms with Gasteiger partial charge in [0.1, 0.15) is 18.1 Å². The number of hydrogen-bond donors (Lipinski definition) is 1. The number of rotatable bonds is 8. The summed E-state index contributed by atoms with van der Waals surface area (Å²) in [6.07, 6.45) is -15.4. The molecule has 152 valence electrons. The summed E-state index contributed by atoms with van der Waals surface area (Å²) >= 11 is 0. The summed E-state index contributed by atoms with van der Waals surface area (Å²) in [4.78, 5) is 11.9. The fourth-order valence-electron chi connectivity index (χ4n) is 2.03. The van der Waals surface area contributed by atoms with Crippen LogP contribution in [0.4, 0.5) is 26.3 Å². The van der Waals surface area contributed by atoms with Gasteiger partial charge < -0.3 is 14.8 Å². The Kier molecular flexibility index (Phi) is 6.76. The fraction of sp³-hybridized carbons (Fsp3) is 0.278. The standard InChI is InChI=1S/C18H15F6NO3/c19-16(17(20,21)22)18(23,24)28-14-8-6-12(7-9-14)15(26)25-10-11-27-13-4-2-1-3-5-13/h1-9,16H,10-11H2,(H,25,26)/t16-/m1/s1. The monoisotopic (exact) mass is 407 g/mol. The summed E-state index contributed by atoms with van der Waals surface area (Å²) in [5.74, 6) is -0.668. The predicted octanol–water partition coefficient (Wildman–Crippen LogP) is 4.37. The third-order valence-corrected chi connectivity index (χ3v) is 3.35. The van der Waals surface area contributed by atoms with Crippen molar-refractivity contribution < 1.29 is 40.6 Å². The lowest BCUT2D eigenvalue weighted by atomic mass is 10.2. The number of benzene rings is 2. The molecule has 2 rings (SSSR count). The highest BCUT2D eigenvalue weighted by Gasteiger charge is 2.59. The van der Waals surface area contributed by atoms with Crippen molar-refractivity contribution in [2.45, 2.75) is 18.5 Å². The zero-order valence-corrected chi connectivity index (χ0v) is 14.2. The van der Waals surface area contributed by atoms with Crippen molar-refractivity contribution >= 4 is 5.91 Å². The topological polar surface area (TPSA) is 47.6 Å². The number of amides is 1. The molecule has 1 N–H and O–H groups in total. The molecule has 0 spiro atoms. The molecular formula is C18H15F6NO3. The van der Waals surface area contributed by atoms with Crippen LogP contribution in [0.3, 0.4) is 0 Å². The number of para-hydroxylation sites is 1. The van der Waals surface area contributed by atoms with Crippen LogP contribution in [-0.2, 0) is 0 Å². The number of carbonyl (C=O) groups is 1. The van der Waals surface area contributed by atoms with Crippen LogP contribution in [0.5, 0.6) is 11.5 Å². The summed E-state index contributed by atoms with van der Waals surface area (Å²) in [5, 5.41) is 2.51. The Labute approximate surface area is 156 Å². The van der Waals surface area contributed by atoms with Gasteiger partial charge in [0.05, 0.1) is 6.54 Å². The number of hydrogen-bond acceptors (Lipinski definition) is 3. The Hall–Kier alpha value is -2.91. The molecule has 0 fully saturated rings. The van der Waals surface area contributed by atoms with Crippen molar-refractivity contribution in [2.75, 3.05) is 13.2 Å². The van der Waals surface area contributed by atoms with Crippen LogP contribution in [0, 0.1) is 0 Å². The molecule has 1 atom stereocenters. The Balaban J connectivity index is 1.85. The first-order chi connectivity index (χ1) is 13.1. The quantitative estimate of drug-likeness (QED) is 0.522. The molecule has 4 nitrogen and oxygen atoms in total. The number of nitrogens with one attached hydrogen (secondary N) is 1. The molecule has 0 aliphatic rings. The second-order valence-electron chi connectivity index (χ2n) is 5.51. The van der Waals surface area contributed by atoms with Crippen LogP contribution >= 0.6 is 0 Å². The van der Waals surface area contributed by atoms with Gasteiger partial charge in [-0.15, -0.1) is 0 Å². The molecule has 0 aliphatic heterocycles. The van der Waals surface area contributed by atoms with Crippen molar-refractivity contribution in [2.24, 2.45) is 0 Å². The van der Waals surface area contributed by atoms with Gasteiger partial charge >= 0.3 is 12.3 Å². The minimum absolute atomic E-state index is 0.0444. The summed E-state index contributed by atoms with van der Waals surface area (Å²) in [6.45, 7) is 0.331. The molecule has 0 saturated carbocycles. The Bertz CT molecular complexity index is 765. The van der Waals surface area contributed by atoms with E-state index in [2.05, 4.69) is 10.1 Å². The molecule has 2 aromatic carbocycles. The Morgan fingerprint density at radius 2 is 1.54 bits per heavy atom. The summed E-state index contributed by atoms with van der Waals surface area (Å²) in [5.41, 5.74) is 0.0444. The van der Waals surface area contributed by atoms with Gasteiger partial charge in [0.25, 0.3) is 12.1 Å². The first kappa shape index (κ1) is 21.4. The maximum Gasteiger partial charge on any atom is 0.439 e. The molecule has 10 heteroatoms. The van der Waals surface area contributed by atoms with Crippen LogP contribution in [0.1, 0.15) is 10.4 Å². The first-order valence-electron chi connectivity index (χ1n) is 7.93. The number of ether oxygens (including phenoxy) is 2. The molecule has 0 radical (unpaired) electrons. The molecule has 28 heavy (non-hydrogen) atoms. The summed E-state index contributed by atoms with van der Waals surface area (Å²) < 4.78 is 84.6. The normalized spacial score (nSPS) is 12.9. The molecule has 0 unspecified atom stereocenters. The lowest BCUT2D eigenvalue weighted by Gasteiger charge is -2.23. The van der Waals surface area contributed by atoms with Crippen molar-refractivity contribution in [1.29, 1.82) is 0 Å². The van der Waals surface area contributed by atoms with Gasteiger partial charge in [0.15, 0.2) is 0 Å². The molecule has 0 aliphatic carbocycles. The van der Waals surface area contributed by atoms with E-state index in [-0.39, 0.29) is 18.7 Å². The molecule has 0 heterocycles. The third kappa shape index (κ3) is 6.07. The minimum Gasteiger partial charge on any atom is -0.492 e. The summed E-state index contributed by atoms with van der Waals surface area (Å²) in [7, 11) is 0. The largest absolute Gasteiger partial charge is 0.492 e. The highest BCUT2D eigenvalue weighted by molar-refractivity contribution is 5.94. The van der Waals surface area contributed by atoms with E-state index in [1.54, 1.807) is 24.3 Å². The SMILES string of the molecule is O=C(NCCOc1ccccc1)c1ccc(OC(F)(F)[C@H](F)C(F)(F)F)cc1. The van der Waals surface area contributed by atoms with Crippen LogP contribution < -0.4 is 14.8 Å². The lowest BCUT2D eigenvalue weighted by Crippen LogP contribution is -2.45. The van der Waals surface area contributed by atoms with Gasteiger partial charge in [-0.05, 0) is 36.4 Å². The molecule has 0 aromatic heterocycles. The average molecular weight is 407 g/mol. The van der Waals surface area contributed by atoms with E-state index in [4.69, 9.17) is 4.74 Å². The van der Waals surface area contributed by atoms with E-state index < -0.39 is 30.1 Å². The van der Waals surface area contributed by atoms with Gasteiger partial charge in [0.2, 0.25) is 0 Å².